The summed E-state index contributed by atoms with van der Waals surface area (Å²) in [4.78, 5) is 8.37. The lowest BCUT2D eigenvalue weighted by atomic mass is 10.2. The Balaban J connectivity index is 2.48. The van der Waals surface area contributed by atoms with Gasteiger partial charge in [0.25, 0.3) is 0 Å². The average Bonchev–Trinajstić information content (AvgIpc) is 2.69. The second-order valence-corrected chi connectivity index (χ2v) is 3.15. The maximum absolute atomic E-state index is 5.59. The first-order valence-corrected chi connectivity index (χ1v) is 4.45. The van der Waals surface area contributed by atoms with Gasteiger partial charge in [-0.2, -0.15) is 0 Å². The van der Waals surface area contributed by atoms with Crippen molar-refractivity contribution < 1.29 is 0 Å². The summed E-state index contributed by atoms with van der Waals surface area (Å²) in [6.45, 7) is 2.49. The first-order valence-electron chi connectivity index (χ1n) is 4.45. The van der Waals surface area contributed by atoms with Gasteiger partial charge in [-0.25, -0.2) is 9.97 Å². The molecule has 0 radical (unpaired) electrons. The van der Waals surface area contributed by atoms with Crippen LogP contribution in [-0.4, -0.2) is 14.5 Å². The molecule has 0 aliphatic heterocycles. The molecule has 0 unspecified atom stereocenters. The lowest BCUT2D eigenvalue weighted by Crippen LogP contribution is -2.02. The molecule has 0 spiro atoms. The predicted molar refractivity (Wildman–Crippen MR) is 54.0 cm³/mol. The number of pyridine rings is 1. The molecule has 14 heavy (non-hydrogen) atoms. The highest BCUT2D eigenvalue weighted by Gasteiger charge is 2.00. The molecule has 4 heteroatoms. The minimum absolute atomic E-state index is 0.533. The second kappa shape index (κ2) is 3.59. The number of rotatable bonds is 2. The Morgan fingerprint density at radius 1 is 1.43 bits per heavy atom. The third-order valence-electron chi connectivity index (χ3n) is 2.00. The fraction of sp³-hybridized carbons (Fsp3) is 0.200. The van der Waals surface area contributed by atoms with Crippen LogP contribution in [-0.2, 0) is 6.54 Å². The van der Waals surface area contributed by atoms with Crippen molar-refractivity contribution in [2.45, 2.75) is 13.5 Å². The van der Waals surface area contributed by atoms with Crippen molar-refractivity contribution in [2.75, 3.05) is 0 Å². The van der Waals surface area contributed by atoms with Gasteiger partial charge < -0.3 is 5.73 Å². The highest BCUT2D eigenvalue weighted by Crippen LogP contribution is 2.09. The largest absolute Gasteiger partial charge is 0.326 e. The molecule has 0 aliphatic rings. The summed E-state index contributed by atoms with van der Waals surface area (Å²) in [6, 6.07) is 3.95. The summed E-state index contributed by atoms with van der Waals surface area (Å²) in [6.07, 6.45) is 5.32. The minimum Gasteiger partial charge on any atom is -0.326 e. The zero-order valence-electron chi connectivity index (χ0n) is 8.01. The quantitative estimate of drug-likeness (QED) is 0.766. The molecule has 0 fully saturated rings. The van der Waals surface area contributed by atoms with Gasteiger partial charge in [0, 0.05) is 24.6 Å². The van der Waals surface area contributed by atoms with Gasteiger partial charge in [-0.1, -0.05) is 0 Å². The Labute approximate surface area is 82.4 Å². The summed E-state index contributed by atoms with van der Waals surface area (Å²) < 4.78 is 1.87. The molecule has 72 valence electrons. The first-order chi connectivity index (χ1) is 6.79. The summed E-state index contributed by atoms with van der Waals surface area (Å²) in [5.41, 5.74) is 7.64. The van der Waals surface area contributed by atoms with Crippen LogP contribution >= 0.6 is 0 Å². The Bertz CT molecular complexity index is 420. The number of hydrogen-bond acceptors (Lipinski definition) is 3. The van der Waals surface area contributed by atoms with E-state index < -0.39 is 0 Å². The monoisotopic (exact) mass is 188 g/mol. The fourth-order valence-corrected chi connectivity index (χ4v) is 1.37. The van der Waals surface area contributed by atoms with E-state index in [1.54, 1.807) is 12.5 Å². The third-order valence-corrected chi connectivity index (χ3v) is 2.00. The fourth-order valence-electron chi connectivity index (χ4n) is 1.37. The van der Waals surface area contributed by atoms with Crippen LogP contribution in [0, 0.1) is 6.92 Å². The second-order valence-electron chi connectivity index (χ2n) is 3.15. The van der Waals surface area contributed by atoms with Crippen molar-refractivity contribution in [3.63, 3.8) is 0 Å². The molecule has 4 nitrogen and oxygen atoms in total. The first kappa shape index (κ1) is 8.90. The zero-order chi connectivity index (χ0) is 9.97. The molecule has 0 aliphatic carbocycles. The number of nitrogens with two attached hydrogens (primary N) is 1. The Morgan fingerprint density at radius 3 is 2.93 bits per heavy atom. The van der Waals surface area contributed by atoms with Crippen molar-refractivity contribution in [3.8, 4) is 5.82 Å². The van der Waals surface area contributed by atoms with Crippen LogP contribution in [0.3, 0.4) is 0 Å². The molecule has 0 bridgehead atoms. The van der Waals surface area contributed by atoms with Crippen LogP contribution in [0.2, 0.25) is 0 Å². The van der Waals surface area contributed by atoms with Crippen molar-refractivity contribution in [1.82, 2.24) is 14.5 Å². The Kier molecular flexibility index (Phi) is 2.28. The number of aryl methyl sites for hydroxylation is 1. The maximum atomic E-state index is 5.59. The normalized spacial score (nSPS) is 10.4. The summed E-state index contributed by atoms with van der Waals surface area (Å²) in [5.74, 6) is 0.864. The van der Waals surface area contributed by atoms with Crippen molar-refractivity contribution in [1.29, 1.82) is 0 Å². The number of imidazole rings is 1. The van der Waals surface area contributed by atoms with E-state index in [1.165, 1.54) is 0 Å². The van der Waals surface area contributed by atoms with Crippen molar-refractivity contribution >= 4 is 0 Å². The van der Waals surface area contributed by atoms with Crippen LogP contribution in [0.5, 0.6) is 0 Å². The lowest BCUT2D eigenvalue weighted by Gasteiger charge is -2.05. The van der Waals surface area contributed by atoms with Crippen molar-refractivity contribution in [3.05, 3.63) is 42.1 Å². The molecular formula is C10H12N4. The van der Waals surface area contributed by atoms with E-state index in [1.807, 2.05) is 29.8 Å². The van der Waals surface area contributed by atoms with Crippen LogP contribution in [0.25, 0.3) is 5.82 Å². The summed E-state index contributed by atoms with van der Waals surface area (Å²) >= 11 is 0. The maximum Gasteiger partial charge on any atom is 0.138 e. The average molecular weight is 188 g/mol. The molecule has 0 saturated heterocycles. The number of aromatic nitrogens is 3. The summed E-state index contributed by atoms with van der Waals surface area (Å²) in [7, 11) is 0. The molecular weight excluding hydrogens is 176 g/mol. The zero-order valence-corrected chi connectivity index (χ0v) is 8.01. The van der Waals surface area contributed by atoms with Gasteiger partial charge >= 0.3 is 0 Å². The molecule has 0 amide bonds. The summed E-state index contributed by atoms with van der Waals surface area (Å²) in [5, 5.41) is 0. The minimum atomic E-state index is 0.533. The molecule has 0 atom stereocenters. The van der Waals surface area contributed by atoms with Gasteiger partial charge in [0.05, 0.1) is 0 Å². The Morgan fingerprint density at radius 2 is 2.29 bits per heavy atom. The standard InChI is InChI=1S/C10H12N4/c1-8-4-9(6-11)5-10(13-8)14-3-2-12-7-14/h2-5,7H,6,11H2,1H3. The van der Waals surface area contributed by atoms with Gasteiger partial charge in [0.15, 0.2) is 0 Å². The van der Waals surface area contributed by atoms with Gasteiger partial charge in [0.2, 0.25) is 0 Å². The number of nitrogens with zero attached hydrogens (tertiary/aromatic N) is 3. The molecule has 2 aromatic rings. The topological polar surface area (TPSA) is 56.7 Å². The predicted octanol–water partition coefficient (Wildman–Crippen LogP) is 1.03. The lowest BCUT2D eigenvalue weighted by molar-refractivity contribution is 0.950. The van der Waals surface area contributed by atoms with Gasteiger partial charge in [0.1, 0.15) is 12.1 Å². The molecule has 2 heterocycles. The Hall–Kier alpha value is -1.68. The van der Waals surface area contributed by atoms with E-state index in [0.29, 0.717) is 6.54 Å². The number of hydrogen-bond donors (Lipinski definition) is 1. The van der Waals surface area contributed by atoms with E-state index in [4.69, 9.17) is 5.73 Å². The highest BCUT2D eigenvalue weighted by atomic mass is 15.1. The van der Waals surface area contributed by atoms with Crippen LogP contribution in [0.15, 0.2) is 30.9 Å². The third kappa shape index (κ3) is 1.65. The van der Waals surface area contributed by atoms with Gasteiger partial charge in [-0.05, 0) is 24.6 Å². The van der Waals surface area contributed by atoms with Crippen LogP contribution < -0.4 is 5.73 Å². The highest BCUT2D eigenvalue weighted by molar-refractivity contribution is 5.30. The van der Waals surface area contributed by atoms with E-state index >= 15 is 0 Å². The molecule has 0 aromatic carbocycles. The van der Waals surface area contributed by atoms with Gasteiger partial charge in [-0.3, -0.25) is 4.57 Å². The van der Waals surface area contributed by atoms with E-state index in [-0.39, 0.29) is 0 Å². The molecule has 2 N–H and O–H groups in total. The molecule has 2 rings (SSSR count). The smallest absolute Gasteiger partial charge is 0.138 e. The SMILES string of the molecule is Cc1cc(CN)cc(-n2ccnc2)n1. The van der Waals surface area contributed by atoms with E-state index in [2.05, 4.69) is 9.97 Å². The van der Waals surface area contributed by atoms with E-state index in [9.17, 15) is 0 Å². The van der Waals surface area contributed by atoms with E-state index in [0.717, 1.165) is 17.1 Å². The molecule has 2 aromatic heterocycles. The van der Waals surface area contributed by atoms with Crippen LogP contribution in [0.1, 0.15) is 11.3 Å². The van der Waals surface area contributed by atoms with Crippen LogP contribution in [0.4, 0.5) is 0 Å². The van der Waals surface area contributed by atoms with Crippen molar-refractivity contribution in [2.24, 2.45) is 5.73 Å². The van der Waals surface area contributed by atoms with Gasteiger partial charge in [-0.15, -0.1) is 0 Å². The molecule has 0 saturated carbocycles.